The fourth-order valence-corrected chi connectivity index (χ4v) is 5.75. The quantitative estimate of drug-likeness (QED) is 0.129. The average Bonchev–Trinajstić information content (AvgIpc) is 3.42. The maximum Gasteiger partial charge on any atom is 0.490 e. The number of phenols is 2. The van der Waals surface area contributed by atoms with Crippen LogP contribution in [0.5, 0.6) is 34.5 Å². The van der Waals surface area contributed by atoms with E-state index in [9.17, 15) is 28.2 Å². The van der Waals surface area contributed by atoms with Gasteiger partial charge < -0.3 is 48.6 Å². The molecule has 0 bridgehead atoms. The minimum atomic E-state index is -5.08. The van der Waals surface area contributed by atoms with Crippen molar-refractivity contribution in [3.63, 3.8) is 0 Å². The molecule has 12 nitrogen and oxygen atoms in total. The van der Waals surface area contributed by atoms with Crippen molar-refractivity contribution in [3.05, 3.63) is 65.1 Å². The molecule has 3 heterocycles. The molecule has 0 saturated carbocycles. The number of benzene rings is 3. The molecule has 0 unspecified atom stereocenters. The molecular formula is C35H34F3N3O9. The van der Waals surface area contributed by atoms with Crippen LogP contribution in [0.2, 0.25) is 0 Å². The van der Waals surface area contributed by atoms with Crippen molar-refractivity contribution in [2.45, 2.75) is 12.6 Å². The summed E-state index contributed by atoms with van der Waals surface area (Å²) < 4.78 is 56.2. The SMILES string of the molecule is COc1ccc(-c2c3c4cc(OC)c(OCCCN(C)C)cc4[nH]c(=O)c3n3ccc4cc(O)c(OC)cc4c23)cc1O.O=C(O)C(F)(F)F. The normalized spacial score (nSPS) is 11.6. The second kappa shape index (κ2) is 14.0. The Bertz CT molecular complexity index is 2300. The number of aromatic hydroxyl groups is 2. The molecule has 0 atom stereocenters. The number of rotatable bonds is 9. The minimum absolute atomic E-state index is 0.00486. The van der Waals surface area contributed by atoms with E-state index in [1.165, 1.54) is 14.2 Å². The Morgan fingerprint density at radius 3 is 2.10 bits per heavy atom. The number of hydrogen-bond acceptors (Lipinski definition) is 9. The van der Waals surface area contributed by atoms with Gasteiger partial charge in [0.2, 0.25) is 0 Å². The summed E-state index contributed by atoms with van der Waals surface area (Å²) in [6.45, 7) is 1.36. The second-order valence-corrected chi connectivity index (χ2v) is 11.4. The van der Waals surface area contributed by atoms with E-state index in [2.05, 4.69) is 9.88 Å². The standard InChI is InChI=1S/C33H33N3O7.C2HF3O2/c1-35(2)10-6-12-43-28-17-22-21(16-27(28)42-5)30-29(19-7-8-25(40-3)23(37)14-19)31-20-15-26(41-4)24(38)13-18(20)9-11-36(31)32(30)33(39)34-22;3-2(4,5)1(6)7/h7-9,11,13-17,37-38H,6,10,12H2,1-5H3,(H,34,39);(H,6,7). The van der Waals surface area contributed by atoms with Gasteiger partial charge in [-0.05, 0) is 67.9 Å². The lowest BCUT2D eigenvalue weighted by Crippen LogP contribution is -2.21. The number of fused-ring (bicyclic) bond motifs is 7. The lowest BCUT2D eigenvalue weighted by Gasteiger charge is -2.14. The molecule has 0 saturated heterocycles. The molecule has 0 radical (unpaired) electrons. The minimum Gasteiger partial charge on any atom is -0.504 e. The molecule has 3 aromatic carbocycles. The zero-order valence-electron chi connectivity index (χ0n) is 27.6. The number of carboxylic acid groups (broad SMARTS) is 1. The van der Waals surface area contributed by atoms with Gasteiger partial charge in [0, 0.05) is 40.5 Å². The van der Waals surface area contributed by atoms with Gasteiger partial charge in [0.05, 0.1) is 39.0 Å². The second-order valence-electron chi connectivity index (χ2n) is 11.4. The van der Waals surface area contributed by atoms with E-state index in [1.807, 2.05) is 36.7 Å². The number of alkyl halides is 3. The summed E-state index contributed by atoms with van der Waals surface area (Å²) in [6, 6.07) is 14.0. The molecule has 6 rings (SSSR count). The number of H-pyrrole nitrogens is 1. The third-order valence-corrected chi connectivity index (χ3v) is 7.97. The third kappa shape index (κ3) is 6.72. The van der Waals surface area contributed by atoms with Gasteiger partial charge in [-0.25, -0.2) is 4.79 Å². The highest BCUT2D eigenvalue weighted by atomic mass is 19.4. The number of halogens is 3. The number of aromatic nitrogens is 2. The Hall–Kier alpha value is -5.83. The van der Waals surface area contributed by atoms with Crippen LogP contribution in [0, 0.1) is 0 Å². The summed E-state index contributed by atoms with van der Waals surface area (Å²) in [5, 5.41) is 31.3. The topological polar surface area (TPSA) is 155 Å². The number of phenolic OH excluding ortho intramolecular Hbond substituents is 2. The molecule has 0 aliphatic heterocycles. The van der Waals surface area contributed by atoms with Gasteiger partial charge in [-0.15, -0.1) is 0 Å². The highest BCUT2D eigenvalue weighted by molar-refractivity contribution is 6.22. The van der Waals surface area contributed by atoms with E-state index < -0.39 is 12.1 Å². The number of nitrogens with one attached hydrogen (secondary N) is 1. The van der Waals surface area contributed by atoms with Crippen LogP contribution in [-0.4, -0.2) is 90.3 Å². The number of pyridine rings is 2. The van der Waals surface area contributed by atoms with Crippen molar-refractivity contribution in [3.8, 4) is 45.6 Å². The first kappa shape index (κ1) is 35.5. The van der Waals surface area contributed by atoms with Gasteiger partial charge in [0.15, 0.2) is 34.5 Å². The Morgan fingerprint density at radius 1 is 0.860 bits per heavy atom. The van der Waals surface area contributed by atoms with Crippen molar-refractivity contribution in [1.29, 1.82) is 0 Å². The average molecular weight is 698 g/mol. The van der Waals surface area contributed by atoms with E-state index in [0.29, 0.717) is 62.7 Å². The molecule has 0 aliphatic carbocycles. The van der Waals surface area contributed by atoms with Crippen LogP contribution in [-0.2, 0) is 4.79 Å². The zero-order chi connectivity index (χ0) is 36.5. The van der Waals surface area contributed by atoms with Gasteiger partial charge in [0.1, 0.15) is 5.52 Å². The molecule has 0 fully saturated rings. The van der Waals surface area contributed by atoms with Crippen molar-refractivity contribution in [1.82, 2.24) is 14.3 Å². The van der Waals surface area contributed by atoms with Crippen LogP contribution in [0.1, 0.15) is 6.42 Å². The lowest BCUT2D eigenvalue weighted by molar-refractivity contribution is -0.192. The highest BCUT2D eigenvalue weighted by Gasteiger charge is 2.38. The van der Waals surface area contributed by atoms with Gasteiger partial charge in [-0.2, -0.15) is 13.2 Å². The molecule has 0 amide bonds. The maximum absolute atomic E-state index is 13.8. The number of aliphatic carboxylic acids is 1. The van der Waals surface area contributed by atoms with Crippen molar-refractivity contribution < 1.29 is 52.2 Å². The van der Waals surface area contributed by atoms with Crippen molar-refractivity contribution >= 4 is 44.1 Å². The Labute approximate surface area is 282 Å². The lowest BCUT2D eigenvalue weighted by atomic mass is 9.97. The Balaban J connectivity index is 0.000000630. The van der Waals surface area contributed by atoms with Crippen LogP contribution >= 0.6 is 0 Å². The first-order chi connectivity index (χ1) is 23.7. The summed E-state index contributed by atoms with van der Waals surface area (Å²) in [4.78, 5) is 27.9. The number of carboxylic acids is 1. The van der Waals surface area contributed by atoms with E-state index in [4.69, 9.17) is 28.8 Å². The zero-order valence-corrected chi connectivity index (χ0v) is 27.6. The van der Waals surface area contributed by atoms with E-state index in [-0.39, 0.29) is 17.1 Å². The summed E-state index contributed by atoms with van der Waals surface area (Å²) >= 11 is 0. The predicted octanol–water partition coefficient (Wildman–Crippen LogP) is 6.16. The van der Waals surface area contributed by atoms with Crippen molar-refractivity contribution in [2.75, 3.05) is 48.6 Å². The third-order valence-electron chi connectivity index (χ3n) is 7.97. The number of methoxy groups -OCH3 is 3. The highest BCUT2D eigenvalue weighted by Crippen LogP contribution is 2.45. The summed E-state index contributed by atoms with van der Waals surface area (Å²) in [7, 11) is 8.58. The van der Waals surface area contributed by atoms with Crippen LogP contribution < -0.4 is 24.5 Å². The molecule has 3 aromatic heterocycles. The Kier molecular flexibility index (Phi) is 9.90. The van der Waals surface area contributed by atoms with E-state index >= 15 is 0 Å². The first-order valence-corrected chi connectivity index (χ1v) is 15.1. The van der Waals surface area contributed by atoms with Gasteiger partial charge in [-0.1, -0.05) is 6.07 Å². The summed E-state index contributed by atoms with van der Waals surface area (Å²) in [5.41, 5.74) is 2.79. The first-order valence-electron chi connectivity index (χ1n) is 15.1. The molecular weight excluding hydrogens is 663 g/mol. The Morgan fingerprint density at radius 2 is 1.50 bits per heavy atom. The fraction of sp³-hybridized carbons (Fsp3) is 0.257. The van der Waals surface area contributed by atoms with Gasteiger partial charge >= 0.3 is 12.1 Å². The number of nitrogens with zero attached hydrogens (tertiary/aromatic N) is 2. The van der Waals surface area contributed by atoms with Crippen LogP contribution in [0.4, 0.5) is 13.2 Å². The largest absolute Gasteiger partial charge is 0.504 e. The summed E-state index contributed by atoms with van der Waals surface area (Å²) in [6.07, 6.45) is -2.45. The van der Waals surface area contributed by atoms with Crippen LogP contribution in [0.25, 0.3) is 49.2 Å². The number of ether oxygens (including phenoxy) is 4. The fourth-order valence-electron chi connectivity index (χ4n) is 5.75. The molecule has 6 aromatic rings. The monoisotopic (exact) mass is 697 g/mol. The smallest absolute Gasteiger partial charge is 0.490 e. The van der Waals surface area contributed by atoms with Crippen LogP contribution in [0.15, 0.2) is 59.5 Å². The van der Waals surface area contributed by atoms with Gasteiger partial charge in [-0.3, -0.25) is 4.79 Å². The van der Waals surface area contributed by atoms with E-state index in [0.717, 1.165) is 29.1 Å². The van der Waals surface area contributed by atoms with Gasteiger partial charge in [0.25, 0.3) is 5.56 Å². The molecule has 264 valence electrons. The van der Waals surface area contributed by atoms with Crippen molar-refractivity contribution in [2.24, 2.45) is 0 Å². The summed E-state index contributed by atoms with van der Waals surface area (Å²) in [5.74, 6) is -1.11. The number of aromatic amines is 1. The van der Waals surface area contributed by atoms with Crippen LogP contribution in [0.3, 0.4) is 0 Å². The molecule has 15 heteroatoms. The predicted molar refractivity (Wildman–Crippen MR) is 181 cm³/mol. The molecule has 0 aliphatic rings. The molecule has 4 N–H and O–H groups in total. The van der Waals surface area contributed by atoms with E-state index in [1.54, 1.807) is 43.6 Å². The number of carbonyl (C=O) groups is 1. The molecule has 50 heavy (non-hydrogen) atoms. The molecule has 0 spiro atoms. The number of hydrogen-bond donors (Lipinski definition) is 4. The maximum atomic E-state index is 13.8.